The molecule has 0 saturated carbocycles. The van der Waals surface area contributed by atoms with Gasteiger partial charge in [-0.25, -0.2) is 4.98 Å². The first kappa shape index (κ1) is 17.3. The third kappa shape index (κ3) is 3.56. The van der Waals surface area contributed by atoms with Crippen LogP contribution in [0.15, 0.2) is 36.5 Å². The van der Waals surface area contributed by atoms with Crippen molar-refractivity contribution in [1.29, 1.82) is 0 Å². The maximum Gasteiger partial charge on any atom is 0.212 e. The van der Waals surface area contributed by atoms with Gasteiger partial charge in [0, 0.05) is 43.6 Å². The molecular weight excluding hydrogens is 322 g/mol. The number of likely N-dealkylation sites (tertiary alicyclic amines) is 1. The summed E-state index contributed by atoms with van der Waals surface area (Å²) in [6.07, 6.45) is 6.62. The van der Waals surface area contributed by atoms with Crippen LogP contribution in [0.1, 0.15) is 36.5 Å². The molecule has 0 bridgehead atoms. The number of methoxy groups -OCH3 is 1. The average molecular weight is 351 g/mol. The number of aromatic nitrogens is 1. The van der Waals surface area contributed by atoms with E-state index >= 15 is 0 Å². The fraction of sp³-hybridized carbons (Fsp3) is 0.500. The second-order valence-corrected chi connectivity index (χ2v) is 7.46. The molecule has 0 radical (unpaired) electrons. The Morgan fingerprint density at radius 2 is 1.88 bits per heavy atom. The zero-order valence-corrected chi connectivity index (χ0v) is 15.9. The van der Waals surface area contributed by atoms with E-state index in [0.29, 0.717) is 11.9 Å². The van der Waals surface area contributed by atoms with E-state index in [1.165, 1.54) is 67.8 Å². The lowest BCUT2D eigenvalue weighted by molar-refractivity contribution is 0.219. The van der Waals surface area contributed by atoms with Gasteiger partial charge < -0.3 is 14.5 Å². The summed E-state index contributed by atoms with van der Waals surface area (Å²) in [5.74, 6) is 0.673. The minimum Gasteiger partial charge on any atom is -0.481 e. The van der Waals surface area contributed by atoms with Gasteiger partial charge in [-0.05, 0) is 55.0 Å². The van der Waals surface area contributed by atoms with E-state index in [1.54, 1.807) is 7.11 Å². The summed E-state index contributed by atoms with van der Waals surface area (Å²) in [4.78, 5) is 9.58. The number of benzene rings is 1. The molecule has 0 N–H and O–H groups in total. The Balaban J connectivity index is 1.48. The van der Waals surface area contributed by atoms with Crippen LogP contribution in [0.5, 0.6) is 5.88 Å². The number of ether oxygens (including phenoxy) is 1. The van der Waals surface area contributed by atoms with Crippen molar-refractivity contribution in [3.8, 4) is 5.88 Å². The molecule has 2 aromatic rings. The topological polar surface area (TPSA) is 28.6 Å². The number of nitrogens with zero attached hydrogens (tertiary/aromatic N) is 3. The summed E-state index contributed by atoms with van der Waals surface area (Å²) in [6, 6.07) is 11.8. The average Bonchev–Trinajstić information content (AvgIpc) is 3.12. The van der Waals surface area contributed by atoms with Crippen molar-refractivity contribution in [2.24, 2.45) is 0 Å². The fourth-order valence-electron chi connectivity index (χ4n) is 4.36. The first-order valence-corrected chi connectivity index (χ1v) is 9.86. The van der Waals surface area contributed by atoms with Gasteiger partial charge in [-0.2, -0.15) is 0 Å². The Morgan fingerprint density at radius 3 is 2.58 bits per heavy atom. The van der Waals surface area contributed by atoms with E-state index in [4.69, 9.17) is 4.74 Å². The minimum absolute atomic E-state index is 0.673. The first-order chi connectivity index (χ1) is 12.8. The zero-order chi connectivity index (χ0) is 17.9. The standard InChI is InChI=1S/C22H29N3O/c1-3-24-11-9-20(10-12-24)25-13-8-19-6-4-17(15-21(19)25)14-18-5-7-22(26-2)23-16-18/h4-7,15-16,20H,3,8-14H2,1-2H3. The van der Waals surface area contributed by atoms with E-state index in [1.807, 2.05) is 12.3 Å². The lowest BCUT2D eigenvalue weighted by Gasteiger charge is -2.37. The zero-order valence-electron chi connectivity index (χ0n) is 15.9. The molecule has 4 nitrogen and oxygen atoms in total. The molecule has 3 heterocycles. The largest absolute Gasteiger partial charge is 0.481 e. The Labute approximate surface area is 156 Å². The summed E-state index contributed by atoms with van der Waals surface area (Å²) in [6.45, 7) is 7.11. The minimum atomic E-state index is 0.673. The Morgan fingerprint density at radius 1 is 1.08 bits per heavy atom. The molecule has 4 rings (SSSR count). The van der Waals surface area contributed by atoms with E-state index in [-0.39, 0.29) is 0 Å². The Hall–Kier alpha value is -2.07. The van der Waals surface area contributed by atoms with Crippen LogP contribution in [-0.4, -0.2) is 49.2 Å². The van der Waals surface area contributed by atoms with E-state index in [9.17, 15) is 0 Å². The van der Waals surface area contributed by atoms with Gasteiger partial charge in [0.25, 0.3) is 0 Å². The van der Waals surface area contributed by atoms with Gasteiger partial charge in [0.1, 0.15) is 0 Å². The molecule has 0 aliphatic carbocycles. The second-order valence-electron chi connectivity index (χ2n) is 7.46. The highest BCUT2D eigenvalue weighted by Gasteiger charge is 2.29. The normalized spacial score (nSPS) is 18.2. The molecule has 0 unspecified atom stereocenters. The molecule has 0 atom stereocenters. The first-order valence-electron chi connectivity index (χ1n) is 9.86. The predicted molar refractivity (Wildman–Crippen MR) is 106 cm³/mol. The maximum absolute atomic E-state index is 5.16. The lowest BCUT2D eigenvalue weighted by Crippen LogP contribution is -2.44. The smallest absolute Gasteiger partial charge is 0.212 e. The molecule has 2 aliphatic heterocycles. The highest BCUT2D eigenvalue weighted by molar-refractivity contribution is 5.60. The monoisotopic (exact) mass is 351 g/mol. The Kier molecular flexibility index (Phi) is 5.11. The van der Waals surface area contributed by atoms with Gasteiger partial charge in [-0.15, -0.1) is 0 Å². The second kappa shape index (κ2) is 7.67. The summed E-state index contributed by atoms with van der Waals surface area (Å²) < 4.78 is 5.16. The molecule has 1 fully saturated rings. The third-order valence-electron chi connectivity index (χ3n) is 5.94. The molecule has 2 aliphatic rings. The predicted octanol–water partition coefficient (Wildman–Crippen LogP) is 3.53. The molecule has 0 amide bonds. The maximum atomic E-state index is 5.16. The van der Waals surface area contributed by atoms with Crippen LogP contribution in [0.4, 0.5) is 5.69 Å². The van der Waals surface area contributed by atoms with E-state index < -0.39 is 0 Å². The van der Waals surface area contributed by atoms with Gasteiger partial charge in [-0.3, -0.25) is 0 Å². The van der Waals surface area contributed by atoms with Gasteiger partial charge in [0.15, 0.2) is 0 Å². The number of anilines is 1. The molecular formula is C22H29N3O. The lowest BCUT2D eigenvalue weighted by atomic mass is 10.0. The van der Waals surface area contributed by atoms with Gasteiger partial charge >= 0.3 is 0 Å². The number of rotatable bonds is 5. The van der Waals surface area contributed by atoms with Gasteiger partial charge in [0.05, 0.1) is 7.11 Å². The van der Waals surface area contributed by atoms with Gasteiger partial charge in [-0.1, -0.05) is 25.1 Å². The number of fused-ring (bicyclic) bond motifs is 1. The summed E-state index contributed by atoms with van der Waals surface area (Å²) in [7, 11) is 1.65. The third-order valence-corrected chi connectivity index (χ3v) is 5.94. The number of hydrogen-bond donors (Lipinski definition) is 0. The van der Waals surface area contributed by atoms with Crippen molar-refractivity contribution >= 4 is 5.69 Å². The van der Waals surface area contributed by atoms with Crippen molar-refractivity contribution in [1.82, 2.24) is 9.88 Å². The summed E-state index contributed by atoms with van der Waals surface area (Å²) in [5.41, 5.74) is 5.58. The van der Waals surface area contributed by atoms with Crippen molar-refractivity contribution in [2.45, 2.75) is 38.6 Å². The van der Waals surface area contributed by atoms with Crippen molar-refractivity contribution < 1.29 is 4.74 Å². The molecule has 1 saturated heterocycles. The van der Waals surface area contributed by atoms with Crippen LogP contribution in [0.2, 0.25) is 0 Å². The van der Waals surface area contributed by atoms with E-state index in [0.717, 1.165) is 6.42 Å². The van der Waals surface area contributed by atoms with Crippen molar-refractivity contribution in [3.63, 3.8) is 0 Å². The van der Waals surface area contributed by atoms with E-state index in [2.05, 4.69) is 46.0 Å². The van der Waals surface area contributed by atoms with Crippen molar-refractivity contribution in [3.05, 3.63) is 53.2 Å². The molecule has 138 valence electrons. The van der Waals surface area contributed by atoms with Crippen LogP contribution < -0.4 is 9.64 Å². The molecule has 4 heteroatoms. The number of hydrogen-bond acceptors (Lipinski definition) is 4. The summed E-state index contributed by atoms with van der Waals surface area (Å²) in [5, 5.41) is 0. The quantitative estimate of drug-likeness (QED) is 0.824. The fourth-order valence-corrected chi connectivity index (χ4v) is 4.36. The van der Waals surface area contributed by atoms with Crippen LogP contribution in [-0.2, 0) is 12.8 Å². The summed E-state index contributed by atoms with van der Waals surface area (Å²) >= 11 is 0. The molecule has 0 spiro atoms. The number of piperidine rings is 1. The SMILES string of the molecule is CCN1CCC(N2CCc3ccc(Cc4ccc(OC)nc4)cc32)CC1. The van der Waals surface area contributed by atoms with Crippen LogP contribution >= 0.6 is 0 Å². The number of pyridine rings is 1. The molecule has 1 aromatic heterocycles. The highest BCUT2D eigenvalue weighted by Crippen LogP contribution is 2.34. The van der Waals surface area contributed by atoms with Crippen LogP contribution in [0.25, 0.3) is 0 Å². The van der Waals surface area contributed by atoms with Crippen LogP contribution in [0.3, 0.4) is 0 Å². The molecule has 26 heavy (non-hydrogen) atoms. The van der Waals surface area contributed by atoms with Gasteiger partial charge in [0.2, 0.25) is 5.88 Å². The Bertz CT molecular complexity index is 736. The van der Waals surface area contributed by atoms with Crippen molar-refractivity contribution in [2.75, 3.05) is 38.2 Å². The molecule has 1 aromatic carbocycles. The highest BCUT2D eigenvalue weighted by atomic mass is 16.5. The van der Waals surface area contributed by atoms with Crippen LogP contribution in [0, 0.1) is 0 Å².